The van der Waals surface area contributed by atoms with Crippen molar-refractivity contribution in [1.82, 2.24) is 14.9 Å². The number of carbonyl (C=O) groups is 1. The minimum absolute atomic E-state index is 0.0766. The van der Waals surface area contributed by atoms with Crippen LogP contribution in [0, 0.1) is 17.0 Å². The van der Waals surface area contributed by atoms with Crippen LogP contribution in [0.25, 0.3) is 21.3 Å². The number of thiazole rings is 1. The summed E-state index contributed by atoms with van der Waals surface area (Å²) < 4.78 is 39.6. The van der Waals surface area contributed by atoms with Gasteiger partial charge in [0.2, 0.25) is 5.88 Å². The number of urea groups is 1. The lowest BCUT2D eigenvalue weighted by atomic mass is 9.80. The number of hydrogen-bond acceptors (Lipinski definition) is 6. The van der Waals surface area contributed by atoms with Crippen LogP contribution in [0.4, 0.5) is 18.7 Å². The first-order chi connectivity index (χ1) is 15.5. The van der Waals surface area contributed by atoms with Gasteiger partial charge in [0.25, 0.3) is 0 Å². The molecule has 2 aromatic heterocycles. The third-order valence-corrected chi connectivity index (χ3v) is 7.32. The summed E-state index contributed by atoms with van der Waals surface area (Å²) >= 11 is 1.18. The summed E-state index contributed by atoms with van der Waals surface area (Å²) in [6, 6.07) is 3.76. The molecule has 0 unspecified atom stereocenters. The summed E-state index contributed by atoms with van der Waals surface area (Å²) in [5.74, 6) is -1.65. The number of likely N-dealkylation sites (tertiary alicyclic amines) is 1. The number of carbonyl (C=O) groups excluding carboxylic acids is 1. The number of ether oxygens (including phenoxy) is 2. The van der Waals surface area contributed by atoms with Crippen LogP contribution in [0.3, 0.4) is 0 Å². The first-order valence-electron chi connectivity index (χ1n) is 10.4. The Morgan fingerprint density at radius 2 is 2.06 bits per heavy atom. The molecule has 168 valence electrons. The summed E-state index contributed by atoms with van der Waals surface area (Å²) in [6.45, 7) is 2.85. The first-order valence-corrected chi connectivity index (χ1v) is 11.2. The topological polar surface area (TPSA) is 76.6 Å². The number of anilines is 1. The van der Waals surface area contributed by atoms with Gasteiger partial charge in [0.1, 0.15) is 5.52 Å². The standard InChI is InChI=1S/C22H22F2N4O3S/c1-30-19-17-18(14(11-25-19)13-3-2-4-15(23)16(13)24)32-20(26-17)27-21(29)28-8-5-22(12-28)6-9-31-10-7-22/h2-4,11H,5-10,12H2,1H3,(H,26,27,29). The van der Waals surface area contributed by atoms with Crippen LogP contribution < -0.4 is 10.1 Å². The van der Waals surface area contributed by atoms with Crippen molar-refractivity contribution in [2.75, 3.05) is 38.7 Å². The number of nitrogens with zero attached hydrogens (tertiary/aromatic N) is 3. The average Bonchev–Trinajstić information content (AvgIpc) is 3.40. The number of amides is 2. The zero-order valence-electron chi connectivity index (χ0n) is 17.5. The molecule has 7 nitrogen and oxygen atoms in total. The fraction of sp³-hybridized carbons (Fsp3) is 0.409. The molecule has 2 fully saturated rings. The van der Waals surface area contributed by atoms with E-state index in [9.17, 15) is 13.6 Å². The van der Waals surface area contributed by atoms with Gasteiger partial charge < -0.3 is 14.4 Å². The number of rotatable bonds is 3. The van der Waals surface area contributed by atoms with Crippen LogP contribution in [-0.2, 0) is 4.74 Å². The average molecular weight is 461 g/mol. The van der Waals surface area contributed by atoms with Gasteiger partial charge in [-0.1, -0.05) is 23.5 Å². The molecule has 0 aliphatic carbocycles. The predicted octanol–water partition coefficient (Wildman–Crippen LogP) is 4.68. The van der Waals surface area contributed by atoms with Crippen molar-refractivity contribution >= 4 is 32.7 Å². The zero-order valence-corrected chi connectivity index (χ0v) is 18.3. The molecule has 0 atom stereocenters. The molecule has 1 spiro atoms. The molecule has 3 aromatic rings. The van der Waals surface area contributed by atoms with Gasteiger partial charge in [0.05, 0.1) is 11.8 Å². The molecule has 2 saturated heterocycles. The molecule has 0 saturated carbocycles. The second-order valence-corrected chi connectivity index (χ2v) is 9.19. The summed E-state index contributed by atoms with van der Waals surface area (Å²) in [5.41, 5.74) is 0.986. The van der Waals surface area contributed by atoms with Gasteiger partial charge in [-0.25, -0.2) is 23.5 Å². The number of nitrogens with one attached hydrogen (secondary N) is 1. The molecular formula is C22H22F2N4O3S. The largest absolute Gasteiger partial charge is 0.479 e. The smallest absolute Gasteiger partial charge is 0.323 e. The van der Waals surface area contributed by atoms with Crippen molar-refractivity contribution in [2.45, 2.75) is 19.3 Å². The maximum Gasteiger partial charge on any atom is 0.323 e. The van der Waals surface area contributed by atoms with Gasteiger partial charge in [-0.2, -0.15) is 0 Å². The lowest BCUT2D eigenvalue weighted by Gasteiger charge is -2.33. The lowest BCUT2D eigenvalue weighted by molar-refractivity contribution is 0.0211. The summed E-state index contributed by atoms with van der Waals surface area (Å²) in [7, 11) is 1.46. The minimum Gasteiger partial charge on any atom is -0.479 e. The van der Waals surface area contributed by atoms with Gasteiger partial charge >= 0.3 is 6.03 Å². The quantitative estimate of drug-likeness (QED) is 0.614. The number of methoxy groups -OCH3 is 1. The van der Waals surface area contributed by atoms with Crippen LogP contribution in [0.1, 0.15) is 19.3 Å². The Kier molecular flexibility index (Phi) is 5.42. The van der Waals surface area contributed by atoms with Crippen molar-refractivity contribution < 1.29 is 23.0 Å². The molecule has 2 aliphatic heterocycles. The molecular weight excluding hydrogens is 438 g/mol. The van der Waals surface area contributed by atoms with Crippen molar-refractivity contribution in [3.63, 3.8) is 0 Å². The van der Waals surface area contributed by atoms with Gasteiger partial charge in [-0.15, -0.1) is 0 Å². The molecule has 0 radical (unpaired) electrons. The van der Waals surface area contributed by atoms with Crippen molar-refractivity contribution in [3.8, 4) is 17.0 Å². The fourth-order valence-corrected chi connectivity index (χ4v) is 5.46. The third-order valence-electron chi connectivity index (χ3n) is 6.31. The zero-order chi connectivity index (χ0) is 22.3. The number of fused-ring (bicyclic) bond motifs is 1. The number of aromatic nitrogens is 2. The van der Waals surface area contributed by atoms with Gasteiger partial charge in [0, 0.05) is 43.6 Å². The Hall–Kier alpha value is -2.85. The van der Waals surface area contributed by atoms with E-state index in [4.69, 9.17) is 9.47 Å². The van der Waals surface area contributed by atoms with Crippen LogP contribution in [0.5, 0.6) is 5.88 Å². The Labute approximate surface area is 187 Å². The molecule has 4 heterocycles. The van der Waals surface area contributed by atoms with Gasteiger partial charge in [-0.05, 0) is 30.7 Å². The van der Waals surface area contributed by atoms with Gasteiger partial charge in [-0.3, -0.25) is 5.32 Å². The second-order valence-electron chi connectivity index (χ2n) is 8.19. The molecule has 1 N–H and O–H groups in total. The van der Waals surface area contributed by atoms with Crippen LogP contribution >= 0.6 is 11.3 Å². The number of benzene rings is 1. The highest BCUT2D eigenvalue weighted by atomic mass is 32.1. The van der Waals surface area contributed by atoms with E-state index in [0.717, 1.165) is 38.5 Å². The number of halogens is 2. The highest BCUT2D eigenvalue weighted by Crippen LogP contribution is 2.41. The molecule has 2 amide bonds. The van der Waals surface area contributed by atoms with E-state index in [1.54, 1.807) is 4.90 Å². The highest BCUT2D eigenvalue weighted by molar-refractivity contribution is 7.23. The predicted molar refractivity (Wildman–Crippen MR) is 117 cm³/mol. The van der Waals surface area contributed by atoms with E-state index in [1.165, 1.54) is 36.8 Å². The third kappa shape index (κ3) is 3.67. The molecule has 0 bridgehead atoms. The van der Waals surface area contributed by atoms with E-state index in [1.807, 2.05) is 0 Å². The van der Waals surface area contributed by atoms with Crippen molar-refractivity contribution in [3.05, 3.63) is 36.0 Å². The molecule has 10 heteroatoms. The maximum absolute atomic E-state index is 14.5. The minimum atomic E-state index is -0.960. The summed E-state index contributed by atoms with van der Waals surface area (Å²) in [5, 5.41) is 3.21. The van der Waals surface area contributed by atoms with Crippen molar-refractivity contribution in [2.24, 2.45) is 5.41 Å². The summed E-state index contributed by atoms with van der Waals surface area (Å²) in [6.07, 6.45) is 4.31. The Bertz CT molecular complexity index is 1180. The fourth-order valence-electron chi connectivity index (χ4n) is 4.49. The Morgan fingerprint density at radius 3 is 2.84 bits per heavy atom. The molecule has 5 rings (SSSR count). The normalized spacial score (nSPS) is 17.8. The maximum atomic E-state index is 14.5. The summed E-state index contributed by atoms with van der Waals surface area (Å²) in [4.78, 5) is 23.4. The van der Waals surface area contributed by atoms with Crippen LogP contribution in [0.2, 0.25) is 0 Å². The number of hydrogen-bond donors (Lipinski definition) is 1. The molecule has 2 aliphatic rings. The SMILES string of the molecule is COc1ncc(-c2cccc(F)c2F)c2sc(NC(=O)N3CCC4(CCOCC4)C3)nc12. The van der Waals surface area contributed by atoms with Crippen LogP contribution in [0.15, 0.2) is 24.4 Å². The number of pyridine rings is 1. The van der Waals surface area contributed by atoms with Crippen LogP contribution in [-0.4, -0.2) is 54.3 Å². The first kappa shape index (κ1) is 21.0. The highest BCUT2D eigenvalue weighted by Gasteiger charge is 2.41. The lowest BCUT2D eigenvalue weighted by Crippen LogP contribution is -2.37. The van der Waals surface area contributed by atoms with E-state index in [2.05, 4.69) is 15.3 Å². The van der Waals surface area contributed by atoms with Crippen molar-refractivity contribution in [1.29, 1.82) is 0 Å². The van der Waals surface area contributed by atoms with E-state index >= 15 is 0 Å². The monoisotopic (exact) mass is 460 g/mol. The van der Waals surface area contributed by atoms with E-state index in [0.29, 0.717) is 34.0 Å². The molecule has 1 aromatic carbocycles. The van der Waals surface area contributed by atoms with E-state index in [-0.39, 0.29) is 22.9 Å². The van der Waals surface area contributed by atoms with E-state index < -0.39 is 11.6 Å². The second kappa shape index (κ2) is 8.25. The molecule has 32 heavy (non-hydrogen) atoms. The van der Waals surface area contributed by atoms with Gasteiger partial charge in [0.15, 0.2) is 16.8 Å². The Morgan fingerprint density at radius 1 is 1.25 bits per heavy atom. The Balaban J connectivity index is 1.44.